The number of aryl methyl sites for hydroxylation is 1. The number of hydrogen-bond donors (Lipinski definition) is 1. The Morgan fingerprint density at radius 1 is 1.35 bits per heavy atom. The summed E-state index contributed by atoms with van der Waals surface area (Å²) in [5.74, 6) is -0.436. The summed E-state index contributed by atoms with van der Waals surface area (Å²) in [5.41, 5.74) is 8.65. The maximum atomic E-state index is 12.1. The van der Waals surface area contributed by atoms with Gasteiger partial charge in [0.25, 0.3) is 0 Å². The van der Waals surface area contributed by atoms with E-state index in [0.29, 0.717) is 5.69 Å². The van der Waals surface area contributed by atoms with Crippen molar-refractivity contribution in [3.8, 4) is 0 Å². The lowest BCUT2D eigenvalue weighted by atomic mass is 9.98. The SMILES string of the molecule is COC(=O)C(OC(C)(C)C)c1c(C)c(N)cc(C)c1Br. The third-order valence-electron chi connectivity index (χ3n) is 2.94. The van der Waals surface area contributed by atoms with Crippen LogP contribution in [0.25, 0.3) is 0 Å². The van der Waals surface area contributed by atoms with Crippen LogP contribution in [0.1, 0.15) is 43.6 Å². The standard InChI is InChI=1S/C15H22BrNO3/c1-8-7-10(17)9(2)11(12(8)16)13(14(18)19-6)20-15(3,4)5/h7,13H,17H2,1-6H3. The van der Waals surface area contributed by atoms with Gasteiger partial charge in [0, 0.05) is 15.7 Å². The van der Waals surface area contributed by atoms with Gasteiger partial charge in [-0.15, -0.1) is 0 Å². The Morgan fingerprint density at radius 2 is 1.90 bits per heavy atom. The van der Waals surface area contributed by atoms with Gasteiger partial charge in [-0.1, -0.05) is 15.9 Å². The van der Waals surface area contributed by atoms with Gasteiger partial charge < -0.3 is 15.2 Å². The second-order valence-electron chi connectivity index (χ2n) is 5.77. The second kappa shape index (κ2) is 6.14. The van der Waals surface area contributed by atoms with E-state index in [1.807, 2.05) is 40.7 Å². The summed E-state index contributed by atoms with van der Waals surface area (Å²) in [6, 6.07) is 1.87. The molecule has 0 fully saturated rings. The molecule has 0 aliphatic carbocycles. The Labute approximate surface area is 128 Å². The molecule has 4 nitrogen and oxygen atoms in total. The number of carbonyl (C=O) groups excluding carboxylic acids is 1. The summed E-state index contributed by atoms with van der Waals surface area (Å²) in [4.78, 5) is 12.1. The van der Waals surface area contributed by atoms with E-state index >= 15 is 0 Å². The zero-order chi connectivity index (χ0) is 15.7. The molecule has 0 saturated heterocycles. The predicted octanol–water partition coefficient (Wildman–Crippen LogP) is 3.68. The van der Waals surface area contributed by atoms with Crippen molar-refractivity contribution in [2.24, 2.45) is 0 Å². The number of carbonyl (C=O) groups is 1. The maximum absolute atomic E-state index is 12.1. The number of hydrogen-bond acceptors (Lipinski definition) is 4. The largest absolute Gasteiger partial charge is 0.467 e. The molecule has 1 aromatic rings. The fourth-order valence-corrected chi connectivity index (χ4v) is 2.55. The minimum atomic E-state index is -0.809. The van der Waals surface area contributed by atoms with E-state index in [2.05, 4.69) is 15.9 Å². The van der Waals surface area contributed by atoms with Crippen LogP contribution in [0.3, 0.4) is 0 Å². The third-order valence-corrected chi connectivity index (χ3v) is 3.99. The molecule has 20 heavy (non-hydrogen) atoms. The number of esters is 1. The van der Waals surface area contributed by atoms with Crippen molar-refractivity contribution >= 4 is 27.6 Å². The van der Waals surface area contributed by atoms with E-state index in [1.54, 1.807) is 0 Å². The van der Waals surface area contributed by atoms with Gasteiger partial charge in [0.1, 0.15) is 0 Å². The minimum absolute atomic E-state index is 0.436. The van der Waals surface area contributed by atoms with Crippen LogP contribution >= 0.6 is 15.9 Å². The maximum Gasteiger partial charge on any atom is 0.339 e. The molecule has 2 N–H and O–H groups in total. The van der Waals surface area contributed by atoms with Gasteiger partial charge in [-0.2, -0.15) is 0 Å². The molecule has 0 aliphatic rings. The third kappa shape index (κ3) is 3.73. The van der Waals surface area contributed by atoms with E-state index in [4.69, 9.17) is 15.2 Å². The number of benzene rings is 1. The fraction of sp³-hybridized carbons (Fsp3) is 0.533. The van der Waals surface area contributed by atoms with E-state index < -0.39 is 17.7 Å². The molecule has 1 rings (SSSR count). The number of halogens is 1. The molecule has 0 saturated carbocycles. The molecule has 0 amide bonds. The average molecular weight is 344 g/mol. The van der Waals surface area contributed by atoms with E-state index in [9.17, 15) is 4.79 Å². The summed E-state index contributed by atoms with van der Waals surface area (Å²) in [7, 11) is 1.35. The molecule has 0 aliphatic heterocycles. The van der Waals surface area contributed by atoms with Crippen molar-refractivity contribution in [3.05, 3.63) is 27.2 Å². The first kappa shape index (κ1) is 17.0. The van der Waals surface area contributed by atoms with Gasteiger partial charge in [-0.25, -0.2) is 4.79 Å². The van der Waals surface area contributed by atoms with Gasteiger partial charge in [-0.05, 0) is 51.8 Å². The normalized spacial score (nSPS) is 13.2. The number of methoxy groups -OCH3 is 1. The summed E-state index contributed by atoms with van der Waals surface area (Å²) in [6.07, 6.45) is -0.809. The molecular weight excluding hydrogens is 322 g/mol. The fourth-order valence-electron chi connectivity index (χ4n) is 1.93. The first-order chi connectivity index (χ1) is 9.08. The van der Waals surface area contributed by atoms with Crippen molar-refractivity contribution in [1.29, 1.82) is 0 Å². The topological polar surface area (TPSA) is 61.5 Å². The number of ether oxygens (including phenoxy) is 2. The lowest BCUT2D eigenvalue weighted by Gasteiger charge is -2.28. The van der Waals surface area contributed by atoms with Crippen LogP contribution in [0.5, 0.6) is 0 Å². The monoisotopic (exact) mass is 343 g/mol. The molecule has 0 bridgehead atoms. The predicted molar refractivity (Wildman–Crippen MR) is 83.6 cm³/mol. The van der Waals surface area contributed by atoms with Crippen molar-refractivity contribution in [1.82, 2.24) is 0 Å². The molecule has 0 aromatic heterocycles. The summed E-state index contributed by atoms with van der Waals surface area (Å²) < 4.78 is 11.6. The molecule has 0 radical (unpaired) electrons. The Bertz CT molecular complexity index is 495. The number of anilines is 1. The number of rotatable bonds is 3. The van der Waals surface area contributed by atoms with E-state index in [1.165, 1.54) is 7.11 Å². The first-order valence-corrected chi connectivity index (χ1v) is 7.18. The van der Waals surface area contributed by atoms with Gasteiger partial charge in [0.2, 0.25) is 0 Å². The highest BCUT2D eigenvalue weighted by Gasteiger charge is 2.31. The van der Waals surface area contributed by atoms with Gasteiger partial charge in [-0.3, -0.25) is 0 Å². The van der Waals surface area contributed by atoms with Gasteiger partial charge in [0.05, 0.1) is 12.7 Å². The van der Waals surface area contributed by atoms with Crippen molar-refractivity contribution in [2.45, 2.75) is 46.3 Å². The van der Waals surface area contributed by atoms with Crippen LogP contribution in [0, 0.1) is 13.8 Å². The lowest BCUT2D eigenvalue weighted by Crippen LogP contribution is -2.29. The van der Waals surface area contributed by atoms with Crippen LogP contribution in [0.2, 0.25) is 0 Å². The highest BCUT2D eigenvalue weighted by atomic mass is 79.9. The van der Waals surface area contributed by atoms with Crippen LogP contribution in [0.15, 0.2) is 10.5 Å². The highest BCUT2D eigenvalue weighted by Crippen LogP contribution is 2.37. The Kier molecular flexibility index (Phi) is 5.21. The molecular formula is C15H22BrNO3. The van der Waals surface area contributed by atoms with Gasteiger partial charge >= 0.3 is 5.97 Å². The molecule has 5 heteroatoms. The lowest BCUT2D eigenvalue weighted by molar-refractivity contribution is -0.164. The second-order valence-corrected chi connectivity index (χ2v) is 6.56. The number of nitrogen functional groups attached to an aromatic ring is 1. The highest BCUT2D eigenvalue weighted by molar-refractivity contribution is 9.10. The minimum Gasteiger partial charge on any atom is -0.467 e. The summed E-state index contributed by atoms with van der Waals surface area (Å²) >= 11 is 3.53. The molecule has 1 atom stereocenters. The quantitative estimate of drug-likeness (QED) is 0.671. The zero-order valence-electron chi connectivity index (χ0n) is 12.8. The molecule has 1 unspecified atom stereocenters. The summed E-state index contributed by atoms with van der Waals surface area (Å²) in [5, 5.41) is 0. The Hall–Kier alpha value is -1.07. The van der Waals surface area contributed by atoms with Crippen molar-refractivity contribution < 1.29 is 14.3 Å². The first-order valence-electron chi connectivity index (χ1n) is 6.39. The van der Waals surface area contributed by atoms with Crippen LogP contribution in [0.4, 0.5) is 5.69 Å². The molecule has 0 heterocycles. The smallest absolute Gasteiger partial charge is 0.339 e. The average Bonchev–Trinajstić information content (AvgIpc) is 2.33. The van der Waals surface area contributed by atoms with Crippen LogP contribution in [-0.4, -0.2) is 18.7 Å². The zero-order valence-corrected chi connectivity index (χ0v) is 14.4. The number of nitrogens with two attached hydrogens (primary N) is 1. The van der Waals surface area contributed by atoms with Crippen molar-refractivity contribution in [3.63, 3.8) is 0 Å². The van der Waals surface area contributed by atoms with Gasteiger partial charge in [0.15, 0.2) is 6.10 Å². The molecule has 1 aromatic carbocycles. The van der Waals surface area contributed by atoms with E-state index in [-0.39, 0.29) is 0 Å². The summed E-state index contributed by atoms with van der Waals surface area (Å²) in [6.45, 7) is 9.48. The Balaban J connectivity index is 3.45. The van der Waals surface area contributed by atoms with E-state index in [0.717, 1.165) is 21.2 Å². The van der Waals surface area contributed by atoms with Crippen LogP contribution in [-0.2, 0) is 14.3 Å². The van der Waals surface area contributed by atoms with Crippen molar-refractivity contribution in [2.75, 3.05) is 12.8 Å². The molecule has 0 spiro atoms. The Morgan fingerprint density at radius 3 is 2.35 bits per heavy atom. The van der Waals surface area contributed by atoms with Crippen LogP contribution < -0.4 is 5.73 Å². The molecule has 112 valence electrons.